The Morgan fingerprint density at radius 1 is 0.944 bits per heavy atom. The molecule has 1 saturated heterocycles. The first-order valence-corrected chi connectivity index (χ1v) is 9.30. The van der Waals surface area contributed by atoms with Gasteiger partial charge in [-0.3, -0.25) is 0 Å². The van der Waals surface area contributed by atoms with E-state index in [0.717, 1.165) is 38.8 Å². The standard InChI is InChI=1S/C14H29NO2S/c1-2-3-4-5-6-7-8-13-18(16,17)14-9-11-15-12-10-14/h14-15H,2-13H2,1H3. The van der Waals surface area contributed by atoms with Gasteiger partial charge >= 0.3 is 0 Å². The molecule has 0 aromatic rings. The fraction of sp³-hybridized carbons (Fsp3) is 1.00. The van der Waals surface area contributed by atoms with Crippen molar-refractivity contribution in [1.29, 1.82) is 0 Å². The highest BCUT2D eigenvalue weighted by Gasteiger charge is 2.26. The molecule has 0 saturated carbocycles. The van der Waals surface area contributed by atoms with Crippen molar-refractivity contribution < 1.29 is 8.42 Å². The van der Waals surface area contributed by atoms with Crippen LogP contribution in [0.15, 0.2) is 0 Å². The number of piperidine rings is 1. The van der Waals surface area contributed by atoms with Gasteiger partial charge in [0, 0.05) is 0 Å². The van der Waals surface area contributed by atoms with E-state index >= 15 is 0 Å². The molecule has 1 aliphatic heterocycles. The summed E-state index contributed by atoms with van der Waals surface area (Å²) in [4.78, 5) is 0. The molecule has 3 nitrogen and oxygen atoms in total. The molecular formula is C14H29NO2S. The van der Waals surface area contributed by atoms with Crippen LogP contribution < -0.4 is 5.32 Å². The largest absolute Gasteiger partial charge is 0.317 e. The smallest absolute Gasteiger partial charge is 0.153 e. The average Bonchev–Trinajstić information content (AvgIpc) is 2.39. The van der Waals surface area contributed by atoms with E-state index in [9.17, 15) is 8.42 Å². The van der Waals surface area contributed by atoms with E-state index in [1.807, 2.05) is 0 Å². The number of hydrogen-bond donors (Lipinski definition) is 1. The highest BCUT2D eigenvalue weighted by molar-refractivity contribution is 7.92. The van der Waals surface area contributed by atoms with Crippen molar-refractivity contribution in [3.8, 4) is 0 Å². The van der Waals surface area contributed by atoms with Crippen LogP contribution in [0.5, 0.6) is 0 Å². The fourth-order valence-corrected chi connectivity index (χ4v) is 4.48. The summed E-state index contributed by atoms with van der Waals surface area (Å²) in [5.74, 6) is 0.408. The second kappa shape index (κ2) is 8.92. The zero-order chi connectivity index (χ0) is 13.3. The van der Waals surface area contributed by atoms with Gasteiger partial charge in [0.05, 0.1) is 11.0 Å². The Morgan fingerprint density at radius 2 is 1.50 bits per heavy atom. The van der Waals surface area contributed by atoms with Gasteiger partial charge in [-0.2, -0.15) is 0 Å². The molecule has 0 aliphatic carbocycles. The topological polar surface area (TPSA) is 46.2 Å². The lowest BCUT2D eigenvalue weighted by Gasteiger charge is -2.22. The summed E-state index contributed by atoms with van der Waals surface area (Å²) in [5.41, 5.74) is 0. The number of sulfone groups is 1. The summed E-state index contributed by atoms with van der Waals surface area (Å²) >= 11 is 0. The number of rotatable bonds is 9. The van der Waals surface area contributed by atoms with Gasteiger partial charge in [0.1, 0.15) is 0 Å². The summed E-state index contributed by atoms with van der Waals surface area (Å²) in [6.07, 6.45) is 9.89. The van der Waals surface area contributed by atoms with Crippen molar-refractivity contribution in [3.05, 3.63) is 0 Å². The van der Waals surface area contributed by atoms with Crippen molar-refractivity contribution in [2.24, 2.45) is 0 Å². The van der Waals surface area contributed by atoms with Gasteiger partial charge < -0.3 is 5.32 Å². The maximum atomic E-state index is 12.1. The van der Waals surface area contributed by atoms with E-state index < -0.39 is 9.84 Å². The Labute approximate surface area is 113 Å². The quantitative estimate of drug-likeness (QED) is 0.658. The first-order chi connectivity index (χ1) is 8.67. The third-order valence-corrected chi connectivity index (χ3v) is 6.17. The summed E-state index contributed by atoms with van der Waals surface area (Å²) in [6, 6.07) is 0. The molecule has 108 valence electrons. The van der Waals surface area contributed by atoms with Crippen LogP contribution in [-0.2, 0) is 9.84 Å². The lowest BCUT2D eigenvalue weighted by atomic mass is 10.1. The van der Waals surface area contributed by atoms with E-state index in [4.69, 9.17) is 0 Å². The third kappa shape index (κ3) is 6.19. The van der Waals surface area contributed by atoms with Gasteiger partial charge in [-0.15, -0.1) is 0 Å². The van der Waals surface area contributed by atoms with Crippen LogP contribution >= 0.6 is 0 Å². The summed E-state index contributed by atoms with van der Waals surface area (Å²) in [6.45, 7) is 3.94. The Kier molecular flexibility index (Phi) is 7.91. The van der Waals surface area contributed by atoms with Gasteiger partial charge in [0.15, 0.2) is 9.84 Å². The van der Waals surface area contributed by atoms with Crippen molar-refractivity contribution in [3.63, 3.8) is 0 Å². The molecule has 0 bridgehead atoms. The van der Waals surface area contributed by atoms with Gasteiger partial charge in [0.25, 0.3) is 0 Å². The molecule has 0 atom stereocenters. The molecule has 18 heavy (non-hydrogen) atoms. The van der Waals surface area contributed by atoms with E-state index in [0.29, 0.717) is 5.75 Å². The van der Waals surface area contributed by atoms with Crippen LogP contribution in [0.4, 0.5) is 0 Å². The minimum Gasteiger partial charge on any atom is -0.317 e. The van der Waals surface area contributed by atoms with Crippen LogP contribution in [0, 0.1) is 0 Å². The number of hydrogen-bond acceptors (Lipinski definition) is 3. The molecule has 1 aliphatic rings. The summed E-state index contributed by atoms with van der Waals surface area (Å²) < 4.78 is 24.2. The second-order valence-corrected chi connectivity index (χ2v) is 7.84. The molecule has 1 rings (SSSR count). The molecule has 0 spiro atoms. The zero-order valence-electron chi connectivity index (χ0n) is 11.8. The molecular weight excluding hydrogens is 246 g/mol. The van der Waals surface area contributed by atoms with E-state index in [2.05, 4.69) is 12.2 Å². The van der Waals surface area contributed by atoms with E-state index in [-0.39, 0.29) is 5.25 Å². The monoisotopic (exact) mass is 275 g/mol. The lowest BCUT2D eigenvalue weighted by molar-refractivity contribution is 0.494. The molecule has 1 N–H and O–H groups in total. The first-order valence-electron chi connectivity index (χ1n) is 7.59. The van der Waals surface area contributed by atoms with Crippen molar-refractivity contribution in [1.82, 2.24) is 5.32 Å². The number of unbranched alkanes of at least 4 members (excludes halogenated alkanes) is 6. The highest BCUT2D eigenvalue weighted by Crippen LogP contribution is 2.16. The van der Waals surface area contributed by atoms with Gasteiger partial charge in [-0.1, -0.05) is 45.4 Å². The van der Waals surface area contributed by atoms with Gasteiger partial charge in [-0.25, -0.2) is 8.42 Å². The van der Waals surface area contributed by atoms with Crippen LogP contribution in [0.2, 0.25) is 0 Å². The number of nitrogens with one attached hydrogen (secondary N) is 1. The van der Waals surface area contributed by atoms with Crippen molar-refractivity contribution in [2.75, 3.05) is 18.8 Å². The molecule has 0 aromatic carbocycles. The SMILES string of the molecule is CCCCCCCCCS(=O)(=O)C1CCNCC1. The second-order valence-electron chi connectivity index (χ2n) is 5.44. The highest BCUT2D eigenvalue weighted by atomic mass is 32.2. The Hall–Kier alpha value is -0.0900. The summed E-state index contributed by atoms with van der Waals surface area (Å²) in [5, 5.41) is 3.15. The van der Waals surface area contributed by atoms with Crippen LogP contribution in [0.25, 0.3) is 0 Å². The van der Waals surface area contributed by atoms with Crippen molar-refractivity contribution >= 4 is 9.84 Å². The molecule has 1 fully saturated rings. The Bertz CT molecular complexity index is 295. The summed E-state index contributed by atoms with van der Waals surface area (Å²) in [7, 11) is -2.82. The van der Waals surface area contributed by atoms with E-state index in [1.165, 1.54) is 32.1 Å². The average molecular weight is 275 g/mol. The van der Waals surface area contributed by atoms with Crippen molar-refractivity contribution in [2.45, 2.75) is 70.0 Å². The molecule has 0 aromatic heterocycles. The molecule has 0 amide bonds. The normalized spacial score (nSPS) is 18.1. The maximum absolute atomic E-state index is 12.1. The minimum absolute atomic E-state index is 0.0705. The lowest BCUT2D eigenvalue weighted by Crippen LogP contribution is -2.36. The predicted octanol–water partition coefficient (Wildman–Crippen LogP) is 2.90. The first kappa shape index (κ1) is 16.0. The van der Waals surface area contributed by atoms with Crippen LogP contribution in [-0.4, -0.2) is 32.5 Å². The predicted molar refractivity (Wildman–Crippen MR) is 77.7 cm³/mol. The molecule has 0 unspecified atom stereocenters. The minimum atomic E-state index is -2.82. The Balaban J connectivity index is 2.09. The molecule has 4 heteroatoms. The van der Waals surface area contributed by atoms with Gasteiger partial charge in [0.2, 0.25) is 0 Å². The molecule has 0 radical (unpaired) electrons. The third-order valence-electron chi connectivity index (χ3n) is 3.83. The Morgan fingerprint density at radius 3 is 2.11 bits per heavy atom. The van der Waals surface area contributed by atoms with E-state index in [1.54, 1.807) is 0 Å². The van der Waals surface area contributed by atoms with Crippen LogP contribution in [0.1, 0.15) is 64.7 Å². The van der Waals surface area contributed by atoms with Crippen LogP contribution in [0.3, 0.4) is 0 Å². The molecule has 1 heterocycles. The van der Waals surface area contributed by atoms with Gasteiger partial charge in [-0.05, 0) is 32.4 Å². The maximum Gasteiger partial charge on any atom is 0.153 e. The fourth-order valence-electron chi connectivity index (χ4n) is 2.58. The zero-order valence-corrected chi connectivity index (χ0v) is 12.6.